The van der Waals surface area contributed by atoms with Crippen molar-refractivity contribution in [3.8, 4) is 6.07 Å². The maximum Gasteiger partial charge on any atom is 0.225 e. The Morgan fingerprint density at radius 2 is 1.78 bits per heavy atom. The highest BCUT2D eigenvalue weighted by Crippen LogP contribution is 2.31. The van der Waals surface area contributed by atoms with Gasteiger partial charge in [0.05, 0.1) is 11.6 Å². The highest BCUT2D eigenvalue weighted by molar-refractivity contribution is 8.22. The van der Waals surface area contributed by atoms with Crippen LogP contribution < -0.4 is 0 Å². The van der Waals surface area contributed by atoms with Crippen molar-refractivity contribution in [2.75, 3.05) is 26.2 Å². The molecule has 120 valence electrons. The van der Waals surface area contributed by atoms with Crippen molar-refractivity contribution in [3.05, 3.63) is 35.4 Å². The summed E-state index contributed by atoms with van der Waals surface area (Å²) in [6, 6.07) is 9.74. The third-order valence-electron chi connectivity index (χ3n) is 4.22. The van der Waals surface area contributed by atoms with Gasteiger partial charge in [-0.2, -0.15) is 5.26 Å². The fraction of sp³-hybridized carbons (Fsp3) is 0.471. The molecule has 0 atom stereocenters. The zero-order valence-corrected chi connectivity index (χ0v) is 14.5. The third kappa shape index (κ3) is 4.24. The Balaban J connectivity index is 1.43. The highest BCUT2D eigenvalue weighted by atomic mass is 32.2. The van der Waals surface area contributed by atoms with Gasteiger partial charge in [0.25, 0.3) is 0 Å². The Morgan fingerprint density at radius 1 is 1.17 bits per heavy atom. The van der Waals surface area contributed by atoms with Gasteiger partial charge >= 0.3 is 0 Å². The molecule has 1 heterocycles. The van der Waals surface area contributed by atoms with Crippen LogP contribution in [0, 0.1) is 17.2 Å². The van der Waals surface area contributed by atoms with Crippen molar-refractivity contribution < 1.29 is 4.79 Å². The maximum atomic E-state index is 12.0. The van der Waals surface area contributed by atoms with E-state index in [0.717, 1.165) is 49.1 Å². The van der Waals surface area contributed by atoms with Gasteiger partial charge in [0, 0.05) is 37.8 Å². The number of carbonyl (C=O) groups excluding carboxylic acids is 1. The number of nitriles is 1. The largest absolute Gasteiger partial charge is 0.354 e. The molecular formula is C17H19N3OS2. The highest BCUT2D eigenvalue weighted by Gasteiger charge is 2.34. The summed E-state index contributed by atoms with van der Waals surface area (Å²) in [6.45, 7) is 3.23. The number of nitrogens with zero attached hydrogens (tertiary/aromatic N) is 3. The second kappa shape index (κ2) is 7.33. The van der Waals surface area contributed by atoms with Gasteiger partial charge in [0.1, 0.15) is 4.32 Å². The lowest BCUT2D eigenvalue weighted by molar-refractivity contribution is -0.133. The van der Waals surface area contributed by atoms with Gasteiger partial charge in [0.15, 0.2) is 0 Å². The smallest absolute Gasteiger partial charge is 0.225 e. The number of thiocarbonyl (C=S) groups is 1. The van der Waals surface area contributed by atoms with E-state index in [1.54, 1.807) is 11.8 Å². The average Bonchev–Trinajstić information content (AvgIpc) is 3.44. The molecule has 1 aromatic carbocycles. The summed E-state index contributed by atoms with van der Waals surface area (Å²) in [4.78, 5) is 16.2. The van der Waals surface area contributed by atoms with E-state index in [0.29, 0.717) is 17.4 Å². The summed E-state index contributed by atoms with van der Waals surface area (Å²) < 4.78 is 0.896. The molecule has 1 amide bonds. The first-order valence-electron chi connectivity index (χ1n) is 7.87. The molecule has 0 bridgehead atoms. The summed E-state index contributed by atoms with van der Waals surface area (Å²) in [6.07, 6.45) is 2.13. The molecule has 6 heteroatoms. The van der Waals surface area contributed by atoms with Gasteiger partial charge in [0.2, 0.25) is 5.91 Å². The molecule has 1 aliphatic carbocycles. The van der Waals surface area contributed by atoms with Crippen LogP contribution in [-0.2, 0) is 10.5 Å². The number of benzene rings is 1. The first kappa shape index (κ1) is 16.3. The predicted octanol–water partition coefficient (Wildman–Crippen LogP) is 2.63. The third-order valence-corrected chi connectivity index (χ3v) is 5.82. The molecule has 4 nitrogen and oxygen atoms in total. The molecule has 0 spiro atoms. The molecule has 2 fully saturated rings. The van der Waals surface area contributed by atoms with Crippen LogP contribution in [-0.4, -0.2) is 46.2 Å². The molecule has 2 aliphatic rings. The first-order valence-corrected chi connectivity index (χ1v) is 9.26. The molecule has 0 N–H and O–H groups in total. The standard InChI is InChI=1S/C17H19N3OS2/c18-11-13-1-3-14(4-2-13)12-23-17(22)20-9-7-19(8-10-20)16(21)15-5-6-15/h1-4,15H,5-10,12H2. The van der Waals surface area contributed by atoms with Crippen molar-refractivity contribution in [1.82, 2.24) is 9.80 Å². The van der Waals surface area contributed by atoms with Crippen LogP contribution in [0.25, 0.3) is 0 Å². The van der Waals surface area contributed by atoms with Crippen LogP contribution in [0.4, 0.5) is 0 Å². The second-order valence-corrected chi connectivity index (χ2v) is 7.56. The molecule has 1 aromatic rings. The van der Waals surface area contributed by atoms with Gasteiger partial charge in [-0.05, 0) is 30.5 Å². The molecule has 3 rings (SSSR count). The summed E-state index contributed by atoms with van der Waals surface area (Å²) in [5.41, 5.74) is 1.84. The zero-order chi connectivity index (χ0) is 16.2. The van der Waals surface area contributed by atoms with Crippen molar-refractivity contribution in [2.24, 2.45) is 5.92 Å². The van der Waals surface area contributed by atoms with E-state index in [4.69, 9.17) is 17.5 Å². The van der Waals surface area contributed by atoms with E-state index in [1.807, 2.05) is 29.2 Å². The van der Waals surface area contributed by atoms with Gasteiger partial charge < -0.3 is 9.80 Å². The Hall–Kier alpha value is -1.58. The van der Waals surface area contributed by atoms with E-state index in [9.17, 15) is 4.79 Å². The van der Waals surface area contributed by atoms with E-state index >= 15 is 0 Å². The minimum absolute atomic E-state index is 0.305. The lowest BCUT2D eigenvalue weighted by Crippen LogP contribution is -2.50. The Morgan fingerprint density at radius 3 is 2.35 bits per heavy atom. The topological polar surface area (TPSA) is 47.3 Å². The van der Waals surface area contributed by atoms with E-state index in [-0.39, 0.29) is 0 Å². The lowest BCUT2D eigenvalue weighted by atomic mass is 10.2. The molecule has 1 saturated heterocycles. The first-order chi connectivity index (χ1) is 11.2. The van der Waals surface area contributed by atoms with Gasteiger partial charge in [-0.25, -0.2) is 0 Å². The fourth-order valence-electron chi connectivity index (χ4n) is 2.61. The Kier molecular flexibility index (Phi) is 5.19. The molecule has 0 aromatic heterocycles. The lowest BCUT2D eigenvalue weighted by Gasteiger charge is -2.36. The second-order valence-electron chi connectivity index (χ2n) is 5.95. The van der Waals surface area contributed by atoms with Crippen LogP contribution >= 0.6 is 24.0 Å². The Labute approximate surface area is 146 Å². The molecule has 0 radical (unpaired) electrons. The minimum Gasteiger partial charge on any atom is -0.354 e. The minimum atomic E-state index is 0.305. The monoisotopic (exact) mass is 345 g/mol. The van der Waals surface area contributed by atoms with E-state index < -0.39 is 0 Å². The van der Waals surface area contributed by atoms with Crippen LogP contribution in [0.2, 0.25) is 0 Å². The number of hydrogen-bond acceptors (Lipinski definition) is 4. The van der Waals surface area contributed by atoms with Crippen LogP contribution in [0.3, 0.4) is 0 Å². The molecule has 1 saturated carbocycles. The summed E-state index contributed by atoms with van der Waals surface area (Å²) in [5.74, 6) is 1.45. The van der Waals surface area contributed by atoms with Crippen LogP contribution in [0.15, 0.2) is 24.3 Å². The number of thioether (sulfide) groups is 1. The number of carbonyl (C=O) groups is 1. The van der Waals surface area contributed by atoms with Gasteiger partial charge in [-0.3, -0.25) is 4.79 Å². The van der Waals surface area contributed by atoms with Crippen LogP contribution in [0.5, 0.6) is 0 Å². The quantitative estimate of drug-likeness (QED) is 0.788. The van der Waals surface area contributed by atoms with E-state index in [1.165, 1.54) is 5.56 Å². The van der Waals surface area contributed by atoms with Crippen molar-refractivity contribution in [2.45, 2.75) is 18.6 Å². The van der Waals surface area contributed by atoms with Gasteiger partial charge in [-0.1, -0.05) is 36.1 Å². The van der Waals surface area contributed by atoms with Gasteiger partial charge in [-0.15, -0.1) is 0 Å². The molecular weight excluding hydrogens is 326 g/mol. The number of hydrogen-bond donors (Lipinski definition) is 0. The van der Waals surface area contributed by atoms with Crippen molar-refractivity contribution >= 4 is 34.2 Å². The predicted molar refractivity (Wildman–Crippen MR) is 95.9 cm³/mol. The number of amides is 1. The SMILES string of the molecule is N#Cc1ccc(CSC(=S)N2CCN(C(=O)C3CC3)CC2)cc1. The molecule has 23 heavy (non-hydrogen) atoms. The normalized spacial score (nSPS) is 17.7. The fourth-order valence-corrected chi connectivity index (χ4v) is 3.82. The van der Waals surface area contributed by atoms with Crippen LogP contribution in [0.1, 0.15) is 24.0 Å². The van der Waals surface area contributed by atoms with Crippen molar-refractivity contribution in [1.29, 1.82) is 5.26 Å². The average molecular weight is 345 g/mol. The number of piperazine rings is 1. The van der Waals surface area contributed by atoms with Crippen molar-refractivity contribution in [3.63, 3.8) is 0 Å². The Bertz CT molecular complexity index is 626. The summed E-state index contributed by atoms with van der Waals surface area (Å²) in [7, 11) is 0. The molecule has 1 aliphatic heterocycles. The summed E-state index contributed by atoms with van der Waals surface area (Å²) >= 11 is 7.17. The van der Waals surface area contributed by atoms with E-state index in [2.05, 4.69) is 11.0 Å². The number of rotatable bonds is 3. The zero-order valence-electron chi connectivity index (χ0n) is 12.9. The maximum absolute atomic E-state index is 12.0. The summed E-state index contributed by atoms with van der Waals surface area (Å²) in [5, 5.41) is 8.80. The molecule has 0 unspecified atom stereocenters.